The van der Waals surface area contributed by atoms with E-state index in [2.05, 4.69) is 72.8 Å². The molecular weight excluding hydrogens is 242 g/mol. The molecule has 0 heterocycles. The van der Waals surface area contributed by atoms with Crippen LogP contribution in [0, 0.1) is 32.1 Å². The van der Waals surface area contributed by atoms with Crippen molar-refractivity contribution in [3.63, 3.8) is 0 Å². The summed E-state index contributed by atoms with van der Waals surface area (Å²) in [7, 11) is 0. The molecule has 0 aliphatic heterocycles. The van der Waals surface area contributed by atoms with E-state index in [0.717, 1.165) is 13.0 Å². The highest BCUT2D eigenvalue weighted by Gasteiger charge is 2.29. The predicted molar refractivity (Wildman–Crippen MR) is 90.4 cm³/mol. The maximum Gasteiger partial charge on any atom is 0.00132 e. The van der Waals surface area contributed by atoms with Crippen LogP contribution in [0.5, 0.6) is 0 Å². The number of benzene rings is 1. The van der Waals surface area contributed by atoms with Crippen LogP contribution < -0.4 is 5.32 Å². The molecule has 0 aliphatic carbocycles. The molecule has 20 heavy (non-hydrogen) atoms. The van der Waals surface area contributed by atoms with Crippen LogP contribution >= 0.6 is 0 Å². The molecule has 1 aromatic carbocycles. The molecule has 1 heteroatoms. The highest BCUT2D eigenvalue weighted by molar-refractivity contribution is 5.38. The van der Waals surface area contributed by atoms with Crippen LogP contribution in [0.15, 0.2) is 12.1 Å². The Kier molecular flexibility index (Phi) is 5.82. The van der Waals surface area contributed by atoms with Crippen molar-refractivity contribution in [3.8, 4) is 0 Å². The van der Waals surface area contributed by atoms with Gasteiger partial charge in [-0.25, -0.2) is 0 Å². The summed E-state index contributed by atoms with van der Waals surface area (Å²) >= 11 is 0. The van der Waals surface area contributed by atoms with E-state index in [1.54, 1.807) is 0 Å². The van der Waals surface area contributed by atoms with E-state index < -0.39 is 0 Å². The second-order valence-electron chi connectivity index (χ2n) is 7.40. The molecule has 0 aromatic heterocycles. The summed E-state index contributed by atoms with van der Waals surface area (Å²) in [6, 6.07) is 5.19. The third kappa shape index (κ3) is 4.34. The van der Waals surface area contributed by atoms with Crippen molar-refractivity contribution in [3.05, 3.63) is 34.4 Å². The summed E-state index contributed by atoms with van der Waals surface area (Å²) in [5.74, 6) is 0.661. The first-order valence-electron chi connectivity index (χ1n) is 7.96. The summed E-state index contributed by atoms with van der Waals surface area (Å²) < 4.78 is 0. The van der Waals surface area contributed by atoms with Crippen molar-refractivity contribution < 1.29 is 0 Å². The quantitative estimate of drug-likeness (QED) is 0.785. The lowest BCUT2D eigenvalue weighted by Gasteiger charge is -2.36. The largest absolute Gasteiger partial charge is 0.314 e. The lowest BCUT2D eigenvalue weighted by atomic mass is 9.72. The number of aryl methyl sites for hydroxylation is 3. The Bertz CT molecular complexity index is 422. The van der Waals surface area contributed by atoms with Crippen molar-refractivity contribution in [2.24, 2.45) is 11.3 Å². The third-order valence-electron chi connectivity index (χ3n) is 4.73. The van der Waals surface area contributed by atoms with Crippen molar-refractivity contribution in [2.45, 2.75) is 67.9 Å². The zero-order valence-electron chi connectivity index (χ0n) is 14.7. The minimum atomic E-state index is 0.301. The highest BCUT2D eigenvalue weighted by atomic mass is 14.9. The van der Waals surface area contributed by atoms with E-state index in [-0.39, 0.29) is 0 Å². The summed E-state index contributed by atoms with van der Waals surface area (Å²) in [6.45, 7) is 19.3. The second kappa shape index (κ2) is 6.76. The Morgan fingerprint density at radius 1 is 1.00 bits per heavy atom. The van der Waals surface area contributed by atoms with Gasteiger partial charge in [0.1, 0.15) is 0 Å². The molecule has 1 unspecified atom stereocenters. The van der Waals surface area contributed by atoms with Crippen LogP contribution in [0.1, 0.15) is 56.9 Å². The SMILES string of the molecule is Cc1cc(C)c(CC(C)(CNC(C)C)C(C)C)c(C)c1. The Labute approximate surface area is 126 Å². The van der Waals surface area contributed by atoms with Crippen molar-refractivity contribution in [2.75, 3.05) is 6.54 Å². The Hall–Kier alpha value is -0.820. The minimum Gasteiger partial charge on any atom is -0.314 e. The van der Waals surface area contributed by atoms with Gasteiger partial charge in [-0.3, -0.25) is 0 Å². The molecule has 0 bridgehead atoms. The number of nitrogens with one attached hydrogen (secondary N) is 1. The van der Waals surface area contributed by atoms with Gasteiger partial charge in [0.15, 0.2) is 0 Å². The van der Waals surface area contributed by atoms with Gasteiger partial charge in [0.05, 0.1) is 0 Å². The average Bonchev–Trinajstić information content (AvgIpc) is 2.31. The Morgan fingerprint density at radius 3 is 1.90 bits per heavy atom. The lowest BCUT2D eigenvalue weighted by molar-refractivity contribution is 0.201. The van der Waals surface area contributed by atoms with Crippen LogP contribution in [0.2, 0.25) is 0 Å². The molecule has 1 nitrogen and oxygen atoms in total. The molecule has 0 aliphatic rings. The molecular formula is C19H33N. The Morgan fingerprint density at radius 2 is 1.50 bits per heavy atom. The van der Waals surface area contributed by atoms with Crippen LogP contribution in [-0.2, 0) is 6.42 Å². The molecule has 0 spiro atoms. The molecule has 114 valence electrons. The maximum absolute atomic E-state index is 3.64. The normalized spacial score (nSPS) is 14.9. The lowest BCUT2D eigenvalue weighted by Crippen LogP contribution is -2.40. The molecule has 1 aromatic rings. The molecule has 0 saturated heterocycles. The van der Waals surface area contributed by atoms with Gasteiger partial charge in [-0.2, -0.15) is 0 Å². The number of rotatable bonds is 6. The summed E-state index contributed by atoms with van der Waals surface area (Å²) in [6.07, 6.45) is 1.16. The molecule has 0 amide bonds. The minimum absolute atomic E-state index is 0.301. The third-order valence-corrected chi connectivity index (χ3v) is 4.73. The molecule has 0 fully saturated rings. The standard InChI is InChI=1S/C19H33N/c1-13(2)19(8,12-20-14(3)4)11-18-16(6)9-15(5)10-17(18)7/h9-10,13-14,20H,11-12H2,1-8H3. The molecule has 1 atom stereocenters. The topological polar surface area (TPSA) is 12.0 Å². The number of hydrogen-bond donors (Lipinski definition) is 1. The zero-order chi connectivity index (χ0) is 15.5. The summed E-state index contributed by atoms with van der Waals surface area (Å²) in [4.78, 5) is 0. The summed E-state index contributed by atoms with van der Waals surface area (Å²) in [5, 5.41) is 3.64. The van der Waals surface area contributed by atoms with Crippen molar-refractivity contribution in [1.29, 1.82) is 0 Å². The first-order chi connectivity index (χ1) is 9.15. The van der Waals surface area contributed by atoms with Gasteiger partial charge in [-0.15, -0.1) is 0 Å². The smallest absolute Gasteiger partial charge is 0.00132 e. The zero-order valence-corrected chi connectivity index (χ0v) is 14.7. The van der Waals surface area contributed by atoms with Crippen molar-refractivity contribution >= 4 is 0 Å². The molecule has 1 N–H and O–H groups in total. The van der Waals surface area contributed by atoms with E-state index in [9.17, 15) is 0 Å². The number of hydrogen-bond acceptors (Lipinski definition) is 1. The average molecular weight is 275 g/mol. The molecule has 0 saturated carbocycles. The Balaban J connectivity index is 3.02. The van der Waals surface area contributed by atoms with E-state index in [4.69, 9.17) is 0 Å². The van der Waals surface area contributed by atoms with E-state index >= 15 is 0 Å². The molecule has 0 radical (unpaired) electrons. The second-order valence-corrected chi connectivity index (χ2v) is 7.40. The van der Waals surface area contributed by atoms with E-state index in [1.165, 1.54) is 22.3 Å². The fraction of sp³-hybridized carbons (Fsp3) is 0.684. The van der Waals surface area contributed by atoms with Crippen LogP contribution in [0.4, 0.5) is 0 Å². The van der Waals surface area contributed by atoms with Gasteiger partial charge in [-0.05, 0) is 55.2 Å². The maximum atomic E-state index is 3.64. The van der Waals surface area contributed by atoms with Gasteiger partial charge in [0.2, 0.25) is 0 Å². The predicted octanol–water partition coefficient (Wildman–Crippen LogP) is 4.81. The summed E-state index contributed by atoms with van der Waals surface area (Å²) in [5.41, 5.74) is 6.10. The van der Waals surface area contributed by atoms with Gasteiger partial charge in [0.25, 0.3) is 0 Å². The first-order valence-corrected chi connectivity index (χ1v) is 7.96. The van der Waals surface area contributed by atoms with E-state index in [0.29, 0.717) is 17.4 Å². The van der Waals surface area contributed by atoms with Gasteiger partial charge >= 0.3 is 0 Å². The van der Waals surface area contributed by atoms with Crippen LogP contribution in [0.25, 0.3) is 0 Å². The van der Waals surface area contributed by atoms with Gasteiger partial charge in [0, 0.05) is 12.6 Å². The van der Waals surface area contributed by atoms with Crippen LogP contribution in [0.3, 0.4) is 0 Å². The first kappa shape index (κ1) is 17.2. The molecule has 1 rings (SSSR count). The fourth-order valence-corrected chi connectivity index (χ4v) is 2.80. The van der Waals surface area contributed by atoms with Crippen molar-refractivity contribution in [1.82, 2.24) is 5.32 Å². The monoisotopic (exact) mass is 275 g/mol. The van der Waals surface area contributed by atoms with Crippen LogP contribution in [-0.4, -0.2) is 12.6 Å². The fourth-order valence-electron chi connectivity index (χ4n) is 2.80. The van der Waals surface area contributed by atoms with Gasteiger partial charge < -0.3 is 5.32 Å². The van der Waals surface area contributed by atoms with E-state index in [1.807, 2.05) is 0 Å². The van der Waals surface area contributed by atoms with Gasteiger partial charge in [-0.1, -0.05) is 52.3 Å². The highest BCUT2D eigenvalue weighted by Crippen LogP contribution is 2.33.